The van der Waals surface area contributed by atoms with Gasteiger partial charge in [0.1, 0.15) is 5.75 Å². The molecule has 0 fully saturated rings. The van der Waals surface area contributed by atoms with Crippen LogP contribution in [0.2, 0.25) is 0 Å². The van der Waals surface area contributed by atoms with Crippen LogP contribution >= 0.6 is 11.8 Å². The summed E-state index contributed by atoms with van der Waals surface area (Å²) in [5, 5.41) is 6.45. The molecule has 168 valence electrons. The molecule has 0 unspecified atom stereocenters. The summed E-state index contributed by atoms with van der Waals surface area (Å²) in [7, 11) is 5.69. The fourth-order valence-electron chi connectivity index (χ4n) is 2.94. The molecule has 3 rings (SSSR count). The van der Waals surface area contributed by atoms with E-state index < -0.39 is 0 Å². The lowest BCUT2D eigenvalue weighted by molar-refractivity contribution is 0.251. The Morgan fingerprint density at radius 2 is 1.81 bits per heavy atom. The zero-order valence-corrected chi connectivity index (χ0v) is 19.5. The molecule has 0 radical (unpaired) electrons. The van der Waals surface area contributed by atoms with Gasteiger partial charge in [-0.25, -0.2) is 14.8 Å². The third-order valence-electron chi connectivity index (χ3n) is 4.67. The highest BCUT2D eigenvalue weighted by atomic mass is 32.2. The van der Waals surface area contributed by atoms with Gasteiger partial charge in [-0.15, -0.1) is 0 Å². The van der Waals surface area contributed by atoms with Crippen LogP contribution in [0.3, 0.4) is 0 Å². The largest absolute Gasteiger partial charge is 0.497 e. The Bertz CT molecular complexity index is 994. The van der Waals surface area contributed by atoms with Crippen molar-refractivity contribution in [3.8, 4) is 17.0 Å². The van der Waals surface area contributed by atoms with Gasteiger partial charge in [0.2, 0.25) is 0 Å². The van der Waals surface area contributed by atoms with Gasteiger partial charge in [0, 0.05) is 29.7 Å². The van der Waals surface area contributed by atoms with Crippen molar-refractivity contribution < 1.29 is 9.53 Å². The van der Waals surface area contributed by atoms with Crippen LogP contribution in [-0.4, -0.2) is 55.2 Å². The van der Waals surface area contributed by atoms with Crippen molar-refractivity contribution in [3.63, 3.8) is 0 Å². The average molecular weight is 452 g/mol. The number of thioether (sulfide) groups is 1. The highest BCUT2D eigenvalue weighted by molar-refractivity contribution is 7.98. The second-order valence-corrected chi connectivity index (χ2v) is 8.42. The molecule has 2 amide bonds. The SMILES string of the molecule is COc1ccc(-c2ccnc(SCc3ccc(NC(=O)NCCCN(C)C)cc3)n2)cc1. The maximum atomic E-state index is 12.0. The predicted molar refractivity (Wildman–Crippen MR) is 130 cm³/mol. The first-order chi connectivity index (χ1) is 15.5. The van der Waals surface area contributed by atoms with Crippen LogP contribution < -0.4 is 15.4 Å². The number of carbonyl (C=O) groups excluding carboxylic acids is 1. The van der Waals surface area contributed by atoms with Crippen molar-refractivity contribution in [1.29, 1.82) is 0 Å². The van der Waals surface area contributed by atoms with Gasteiger partial charge in [-0.3, -0.25) is 0 Å². The summed E-state index contributed by atoms with van der Waals surface area (Å²) in [6, 6.07) is 17.3. The van der Waals surface area contributed by atoms with Crippen LogP contribution in [0.25, 0.3) is 11.3 Å². The van der Waals surface area contributed by atoms with Gasteiger partial charge in [-0.05, 0) is 75.1 Å². The molecule has 7 nitrogen and oxygen atoms in total. The van der Waals surface area contributed by atoms with Gasteiger partial charge in [0.25, 0.3) is 0 Å². The molecule has 0 bridgehead atoms. The maximum Gasteiger partial charge on any atom is 0.319 e. The minimum Gasteiger partial charge on any atom is -0.497 e. The summed E-state index contributed by atoms with van der Waals surface area (Å²) in [6.45, 7) is 1.59. The Morgan fingerprint density at radius 3 is 2.50 bits per heavy atom. The van der Waals surface area contributed by atoms with Crippen LogP contribution in [0.4, 0.5) is 10.5 Å². The molecule has 0 aliphatic rings. The van der Waals surface area contributed by atoms with Crippen LogP contribution in [0.5, 0.6) is 5.75 Å². The number of aromatic nitrogens is 2. The molecular formula is C24H29N5O2S. The lowest BCUT2D eigenvalue weighted by atomic mass is 10.1. The summed E-state index contributed by atoms with van der Waals surface area (Å²) in [4.78, 5) is 23.1. The molecule has 8 heteroatoms. The fraction of sp³-hybridized carbons (Fsp3) is 0.292. The molecule has 1 aromatic heterocycles. The van der Waals surface area contributed by atoms with Crippen LogP contribution in [-0.2, 0) is 5.75 Å². The molecule has 2 N–H and O–H groups in total. The lowest BCUT2D eigenvalue weighted by Crippen LogP contribution is -2.31. The zero-order valence-electron chi connectivity index (χ0n) is 18.7. The number of hydrogen-bond donors (Lipinski definition) is 2. The predicted octanol–water partition coefficient (Wildman–Crippen LogP) is 4.52. The Kier molecular flexibility index (Phi) is 8.89. The van der Waals surface area contributed by atoms with Gasteiger partial charge in [0.05, 0.1) is 12.8 Å². The van der Waals surface area contributed by atoms with E-state index >= 15 is 0 Å². The van der Waals surface area contributed by atoms with Crippen molar-refractivity contribution in [2.45, 2.75) is 17.3 Å². The Morgan fingerprint density at radius 1 is 1.06 bits per heavy atom. The Balaban J connectivity index is 1.49. The van der Waals surface area contributed by atoms with Crippen molar-refractivity contribution in [2.75, 3.05) is 39.6 Å². The molecule has 32 heavy (non-hydrogen) atoms. The molecule has 0 spiro atoms. The van der Waals surface area contributed by atoms with E-state index in [9.17, 15) is 4.79 Å². The summed E-state index contributed by atoms with van der Waals surface area (Å²) < 4.78 is 5.21. The first-order valence-electron chi connectivity index (χ1n) is 10.4. The summed E-state index contributed by atoms with van der Waals surface area (Å²) in [5.41, 5.74) is 3.79. The topological polar surface area (TPSA) is 79.4 Å². The number of nitrogens with one attached hydrogen (secondary N) is 2. The average Bonchev–Trinajstić information content (AvgIpc) is 2.81. The van der Waals surface area contributed by atoms with Crippen molar-refractivity contribution >= 4 is 23.5 Å². The zero-order chi connectivity index (χ0) is 22.8. The molecule has 3 aromatic rings. The standard InChI is InChI=1S/C24H29N5O2S/c1-29(2)16-4-14-25-23(30)27-20-9-5-18(6-10-20)17-32-24-26-15-13-22(28-24)19-7-11-21(31-3)12-8-19/h5-13,15H,4,14,16-17H2,1-3H3,(H2,25,27,30). The maximum absolute atomic E-state index is 12.0. The van der Waals surface area contributed by atoms with E-state index in [4.69, 9.17) is 4.74 Å². The normalized spacial score (nSPS) is 10.8. The third kappa shape index (κ3) is 7.55. The molecular weight excluding hydrogens is 422 g/mol. The van der Waals surface area contributed by atoms with Gasteiger partial charge in [-0.1, -0.05) is 23.9 Å². The van der Waals surface area contributed by atoms with Gasteiger partial charge >= 0.3 is 6.03 Å². The number of carbonyl (C=O) groups is 1. The number of amides is 2. The first kappa shape index (κ1) is 23.6. The molecule has 0 aliphatic heterocycles. The first-order valence-corrected chi connectivity index (χ1v) is 11.4. The number of benzene rings is 2. The van der Waals surface area contributed by atoms with E-state index in [2.05, 4.69) is 25.5 Å². The molecule has 0 saturated carbocycles. The van der Waals surface area contributed by atoms with Gasteiger partial charge < -0.3 is 20.3 Å². The quantitative estimate of drug-likeness (QED) is 0.268. The second-order valence-electron chi connectivity index (χ2n) is 7.48. The molecule has 0 aliphatic carbocycles. The third-order valence-corrected chi connectivity index (χ3v) is 5.60. The number of nitrogens with zero attached hydrogens (tertiary/aromatic N) is 3. The number of ether oxygens (including phenoxy) is 1. The lowest BCUT2D eigenvalue weighted by Gasteiger charge is -2.11. The smallest absolute Gasteiger partial charge is 0.319 e. The van der Waals surface area contributed by atoms with Gasteiger partial charge in [0.15, 0.2) is 5.16 Å². The molecule has 2 aromatic carbocycles. The minimum absolute atomic E-state index is 0.186. The monoisotopic (exact) mass is 451 g/mol. The number of rotatable bonds is 10. The Hall–Kier alpha value is -3.10. The van der Waals surface area contributed by atoms with Gasteiger partial charge in [-0.2, -0.15) is 0 Å². The number of urea groups is 1. The molecule has 0 saturated heterocycles. The summed E-state index contributed by atoms with van der Waals surface area (Å²) in [5.74, 6) is 1.56. The van der Waals surface area contributed by atoms with Crippen molar-refractivity contribution in [1.82, 2.24) is 20.2 Å². The van der Waals surface area contributed by atoms with E-state index in [1.54, 1.807) is 25.1 Å². The van der Waals surface area contributed by atoms with E-state index in [1.165, 1.54) is 0 Å². The van der Waals surface area contributed by atoms with E-state index in [0.29, 0.717) is 6.54 Å². The van der Waals surface area contributed by atoms with Crippen molar-refractivity contribution in [2.24, 2.45) is 0 Å². The number of methoxy groups -OCH3 is 1. The number of hydrogen-bond acceptors (Lipinski definition) is 6. The second kappa shape index (κ2) is 12.1. The van der Waals surface area contributed by atoms with E-state index in [1.807, 2.05) is 68.7 Å². The molecule has 0 atom stereocenters. The summed E-state index contributed by atoms with van der Waals surface area (Å²) in [6.07, 6.45) is 2.69. The Labute approximate surface area is 193 Å². The highest BCUT2D eigenvalue weighted by Crippen LogP contribution is 2.24. The van der Waals surface area contributed by atoms with Crippen LogP contribution in [0.15, 0.2) is 66.0 Å². The summed E-state index contributed by atoms with van der Waals surface area (Å²) >= 11 is 1.58. The fourth-order valence-corrected chi connectivity index (χ4v) is 3.72. The van der Waals surface area contributed by atoms with Crippen LogP contribution in [0, 0.1) is 0 Å². The van der Waals surface area contributed by atoms with E-state index in [0.717, 1.165) is 52.1 Å². The number of anilines is 1. The van der Waals surface area contributed by atoms with Crippen molar-refractivity contribution in [3.05, 3.63) is 66.4 Å². The minimum atomic E-state index is -0.186. The molecule has 1 heterocycles. The van der Waals surface area contributed by atoms with Crippen LogP contribution in [0.1, 0.15) is 12.0 Å². The van der Waals surface area contributed by atoms with E-state index in [-0.39, 0.29) is 6.03 Å². The highest BCUT2D eigenvalue weighted by Gasteiger charge is 2.06.